The Morgan fingerprint density at radius 2 is 2.12 bits per heavy atom. The lowest BCUT2D eigenvalue weighted by Crippen LogP contribution is -2.57. The fraction of sp³-hybridized carbons (Fsp3) is 0.444. The molecule has 1 aromatic carbocycles. The zero-order valence-electron chi connectivity index (χ0n) is 15.1. The molecular formula is C18H26N6O2. The fourth-order valence-corrected chi connectivity index (χ4v) is 2.76. The lowest BCUT2D eigenvalue weighted by molar-refractivity contribution is 0.0357. The number of hydrazine groups is 2. The van der Waals surface area contributed by atoms with Crippen LogP contribution in [0.1, 0.15) is 17.5 Å². The topological polar surface area (TPSA) is 84.7 Å². The van der Waals surface area contributed by atoms with Gasteiger partial charge in [0.05, 0.1) is 19.4 Å². The second kappa shape index (κ2) is 9.33. The highest BCUT2D eigenvalue weighted by molar-refractivity contribution is 5.94. The van der Waals surface area contributed by atoms with Gasteiger partial charge in [-0.15, -0.1) is 10.2 Å². The number of nitrogens with zero attached hydrogens (tertiary/aromatic N) is 4. The number of hydrogen-bond acceptors (Lipinski definition) is 7. The normalized spacial score (nSPS) is 20.2. The second-order valence-corrected chi connectivity index (χ2v) is 6.23. The van der Waals surface area contributed by atoms with E-state index < -0.39 is 0 Å². The number of morpholine rings is 1. The monoisotopic (exact) mass is 358 g/mol. The highest BCUT2D eigenvalue weighted by Gasteiger charge is 2.21. The number of rotatable bonds is 6. The lowest BCUT2D eigenvalue weighted by atomic mass is 10.2. The summed E-state index contributed by atoms with van der Waals surface area (Å²) in [6, 6.07) is 8.10. The van der Waals surface area contributed by atoms with Gasteiger partial charge in [-0.2, -0.15) is 5.10 Å². The van der Waals surface area contributed by atoms with E-state index in [0.717, 1.165) is 24.5 Å². The molecule has 1 aromatic rings. The summed E-state index contributed by atoms with van der Waals surface area (Å²) in [5.41, 5.74) is 8.68. The van der Waals surface area contributed by atoms with Crippen molar-refractivity contribution >= 4 is 12.1 Å². The van der Waals surface area contributed by atoms with Crippen molar-refractivity contribution in [2.24, 2.45) is 10.2 Å². The van der Waals surface area contributed by atoms with Crippen molar-refractivity contribution in [1.82, 2.24) is 20.9 Å². The largest absolute Gasteiger partial charge is 0.396 e. The minimum atomic E-state index is 0.133. The molecule has 0 saturated carbocycles. The first-order valence-corrected chi connectivity index (χ1v) is 8.88. The maximum atomic E-state index is 9.09. The number of ether oxygens (including phenoxy) is 1. The van der Waals surface area contributed by atoms with Gasteiger partial charge in [0, 0.05) is 32.3 Å². The number of amidine groups is 1. The lowest BCUT2D eigenvalue weighted by Gasteiger charge is -2.37. The Balaban J connectivity index is 1.73. The van der Waals surface area contributed by atoms with Gasteiger partial charge in [0.1, 0.15) is 5.82 Å². The van der Waals surface area contributed by atoms with E-state index in [1.165, 1.54) is 5.56 Å². The first-order chi connectivity index (χ1) is 12.7. The van der Waals surface area contributed by atoms with Crippen molar-refractivity contribution in [3.8, 4) is 0 Å². The van der Waals surface area contributed by atoms with Crippen LogP contribution < -0.4 is 10.9 Å². The molecule has 0 unspecified atom stereocenters. The van der Waals surface area contributed by atoms with E-state index in [0.29, 0.717) is 32.0 Å². The van der Waals surface area contributed by atoms with Crippen LogP contribution in [0.2, 0.25) is 0 Å². The first-order valence-electron chi connectivity index (χ1n) is 8.88. The van der Waals surface area contributed by atoms with E-state index in [4.69, 9.17) is 9.84 Å². The summed E-state index contributed by atoms with van der Waals surface area (Å²) in [6.07, 6.45) is 4.33. The van der Waals surface area contributed by atoms with Crippen LogP contribution in [0.15, 0.2) is 46.4 Å². The van der Waals surface area contributed by atoms with Crippen molar-refractivity contribution in [2.45, 2.75) is 13.3 Å². The molecule has 0 atom stereocenters. The summed E-state index contributed by atoms with van der Waals surface area (Å²) in [6.45, 7) is 5.89. The Labute approximate surface area is 153 Å². The molecule has 2 heterocycles. The fourth-order valence-electron chi connectivity index (χ4n) is 2.76. The second-order valence-electron chi connectivity index (χ2n) is 6.23. The van der Waals surface area contributed by atoms with Gasteiger partial charge in [0.2, 0.25) is 0 Å². The van der Waals surface area contributed by atoms with E-state index >= 15 is 0 Å². The average Bonchev–Trinajstić information content (AvgIpc) is 2.67. The van der Waals surface area contributed by atoms with Crippen LogP contribution in [-0.2, 0) is 4.74 Å². The number of benzene rings is 1. The molecule has 8 nitrogen and oxygen atoms in total. The third kappa shape index (κ3) is 5.29. The Morgan fingerprint density at radius 3 is 2.88 bits per heavy atom. The highest BCUT2D eigenvalue weighted by Crippen LogP contribution is 2.09. The molecular weight excluding hydrogens is 332 g/mol. The molecule has 0 bridgehead atoms. The molecule has 1 fully saturated rings. The van der Waals surface area contributed by atoms with Crippen molar-refractivity contribution in [2.75, 3.05) is 39.5 Å². The summed E-state index contributed by atoms with van der Waals surface area (Å²) in [5.74, 6) is 1.60. The van der Waals surface area contributed by atoms with Crippen LogP contribution in [0, 0.1) is 6.92 Å². The van der Waals surface area contributed by atoms with E-state index in [1.54, 1.807) is 6.21 Å². The average molecular weight is 358 g/mol. The molecule has 0 aliphatic carbocycles. The SMILES string of the molecule is Cc1cccc(/C=N/N=C2C=C(N3CCOCC3)NN(CCCO)N2)c1. The van der Waals surface area contributed by atoms with Gasteiger partial charge in [0.25, 0.3) is 0 Å². The quantitative estimate of drug-likeness (QED) is 0.510. The van der Waals surface area contributed by atoms with Crippen LogP contribution in [0.4, 0.5) is 0 Å². The molecule has 2 aliphatic heterocycles. The molecule has 0 aromatic heterocycles. The molecule has 2 aliphatic rings. The smallest absolute Gasteiger partial charge is 0.168 e. The number of aryl methyl sites for hydroxylation is 1. The van der Waals surface area contributed by atoms with Crippen LogP contribution in [-0.4, -0.2) is 66.6 Å². The molecule has 8 heteroatoms. The maximum Gasteiger partial charge on any atom is 0.168 e. The maximum absolute atomic E-state index is 9.09. The van der Waals surface area contributed by atoms with Gasteiger partial charge < -0.3 is 14.7 Å². The van der Waals surface area contributed by atoms with Crippen LogP contribution in [0.5, 0.6) is 0 Å². The predicted octanol–water partition coefficient (Wildman–Crippen LogP) is 0.608. The van der Waals surface area contributed by atoms with E-state index in [-0.39, 0.29) is 6.61 Å². The van der Waals surface area contributed by atoms with Gasteiger partial charge in [0.15, 0.2) is 5.84 Å². The Bertz CT molecular complexity index is 682. The summed E-state index contributed by atoms with van der Waals surface area (Å²) >= 11 is 0. The zero-order chi connectivity index (χ0) is 18.2. The van der Waals surface area contributed by atoms with Gasteiger partial charge >= 0.3 is 0 Å². The van der Waals surface area contributed by atoms with Gasteiger partial charge in [-0.05, 0) is 18.9 Å². The van der Waals surface area contributed by atoms with Gasteiger partial charge in [-0.25, -0.2) is 0 Å². The number of hydrogen-bond donors (Lipinski definition) is 3. The van der Waals surface area contributed by atoms with Crippen LogP contribution >= 0.6 is 0 Å². The minimum absolute atomic E-state index is 0.133. The van der Waals surface area contributed by atoms with E-state index in [9.17, 15) is 0 Å². The van der Waals surface area contributed by atoms with Crippen molar-refractivity contribution in [1.29, 1.82) is 0 Å². The molecule has 1 saturated heterocycles. The van der Waals surface area contributed by atoms with E-state index in [1.807, 2.05) is 36.3 Å². The van der Waals surface area contributed by atoms with Gasteiger partial charge in [-0.1, -0.05) is 29.8 Å². The predicted molar refractivity (Wildman–Crippen MR) is 101 cm³/mol. The first kappa shape index (κ1) is 18.4. The van der Waals surface area contributed by atoms with E-state index in [2.05, 4.69) is 32.0 Å². The number of aliphatic hydroxyl groups excluding tert-OH is 1. The Kier molecular flexibility index (Phi) is 6.59. The molecule has 140 valence electrons. The van der Waals surface area contributed by atoms with Gasteiger partial charge in [-0.3, -0.25) is 10.9 Å². The minimum Gasteiger partial charge on any atom is -0.396 e. The summed E-state index contributed by atoms with van der Waals surface area (Å²) in [4.78, 5) is 2.22. The molecule has 0 radical (unpaired) electrons. The third-order valence-corrected chi connectivity index (χ3v) is 4.08. The van der Waals surface area contributed by atoms with Crippen molar-refractivity contribution < 1.29 is 9.84 Å². The molecule has 3 N–H and O–H groups in total. The highest BCUT2D eigenvalue weighted by atomic mass is 16.5. The molecule has 0 spiro atoms. The van der Waals surface area contributed by atoms with Crippen LogP contribution in [0.3, 0.4) is 0 Å². The molecule has 0 amide bonds. The number of aliphatic hydroxyl groups is 1. The standard InChI is InChI=1S/C18H26N6O2/c1-15-4-2-5-16(12-15)14-19-20-17-13-18(23-7-10-26-11-8-23)22-24(21-17)6-3-9-25/h2,4-5,12-14,22,25H,3,6-11H2,1H3,(H,20,21)/b19-14+. The summed E-state index contributed by atoms with van der Waals surface area (Å²) in [5, 5.41) is 19.4. The van der Waals surface area contributed by atoms with Crippen molar-refractivity contribution in [3.05, 3.63) is 47.3 Å². The summed E-state index contributed by atoms with van der Waals surface area (Å²) < 4.78 is 5.42. The third-order valence-electron chi connectivity index (χ3n) is 4.08. The Hall–Kier alpha value is -2.42. The molecule has 3 rings (SSSR count). The molecule has 26 heavy (non-hydrogen) atoms. The van der Waals surface area contributed by atoms with Crippen molar-refractivity contribution in [3.63, 3.8) is 0 Å². The number of nitrogens with one attached hydrogen (secondary N) is 2. The zero-order valence-corrected chi connectivity index (χ0v) is 15.1. The summed E-state index contributed by atoms with van der Waals surface area (Å²) in [7, 11) is 0. The van der Waals surface area contributed by atoms with Crippen LogP contribution in [0.25, 0.3) is 0 Å². The Morgan fingerprint density at radius 1 is 1.27 bits per heavy atom.